The van der Waals surface area contributed by atoms with Crippen molar-refractivity contribution in [1.29, 1.82) is 0 Å². The minimum Gasteiger partial charge on any atom is -0.493 e. The van der Waals surface area contributed by atoms with Gasteiger partial charge in [0.05, 0.1) is 12.2 Å². The molecule has 0 saturated carbocycles. The molecule has 2 aromatic rings. The van der Waals surface area contributed by atoms with Gasteiger partial charge in [0.15, 0.2) is 12.6 Å². The standard InChI is InChI=1S/C24H26O5/c1-5-27-21-15-20(28-16-26-4)18-13-14-24(2,3)29-23(18)22(21)19(25)12-11-17-9-7-6-8-10-17/h6-15H,5,16H2,1-4H3/b12-11+. The molecule has 1 heterocycles. The molecule has 2 aromatic carbocycles. The first kappa shape index (κ1) is 20.7. The molecule has 0 bridgehead atoms. The molecule has 0 radical (unpaired) electrons. The van der Waals surface area contributed by atoms with Crippen LogP contribution in [0.2, 0.25) is 0 Å². The number of carbonyl (C=O) groups excluding carboxylic acids is 1. The molecule has 3 rings (SSSR count). The predicted molar refractivity (Wildman–Crippen MR) is 114 cm³/mol. The Morgan fingerprint density at radius 1 is 1.14 bits per heavy atom. The Hall–Kier alpha value is -3.05. The third kappa shape index (κ3) is 4.87. The number of hydrogen-bond acceptors (Lipinski definition) is 5. The van der Waals surface area contributed by atoms with Gasteiger partial charge >= 0.3 is 0 Å². The van der Waals surface area contributed by atoms with E-state index in [0.29, 0.717) is 35.0 Å². The van der Waals surface area contributed by atoms with Crippen molar-refractivity contribution in [3.05, 3.63) is 65.2 Å². The third-order valence-electron chi connectivity index (χ3n) is 4.37. The molecule has 152 valence electrons. The zero-order valence-corrected chi connectivity index (χ0v) is 17.2. The number of carbonyl (C=O) groups is 1. The van der Waals surface area contributed by atoms with E-state index >= 15 is 0 Å². The lowest BCUT2D eigenvalue weighted by molar-refractivity contribution is 0.0501. The zero-order valence-electron chi connectivity index (χ0n) is 17.2. The highest BCUT2D eigenvalue weighted by molar-refractivity contribution is 6.11. The number of fused-ring (bicyclic) bond motifs is 1. The van der Waals surface area contributed by atoms with E-state index in [9.17, 15) is 4.79 Å². The SMILES string of the molecule is CCOc1cc(OCOC)c2c(c1C(=O)/C=C/c1ccccc1)OC(C)(C)C=C2. The van der Waals surface area contributed by atoms with E-state index in [1.165, 1.54) is 6.08 Å². The van der Waals surface area contributed by atoms with Crippen LogP contribution in [-0.2, 0) is 4.74 Å². The molecule has 1 aliphatic rings. The van der Waals surface area contributed by atoms with Gasteiger partial charge in [-0.1, -0.05) is 36.4 Å². The summed E-state index contributed by atoms with van der Waals surface area (Å²) in [5, 5.41) is 0. The van der Waals surface area contributed by atoms with Crippen molar-refractivity contribution in [2.45, 2.75) is 26.4 Å². The highest BCUT2D eigenvalue weighted by Gasteiger charge is 2.31. The molecule has 29 heavy (non-hydrogen) atoms. The average Bonchev–Trinajstić information content (AvgIpc) is 2.70. The van der Waals surface area contributed by atoms with Crippen LogP contribution in [0, 0.1) is 0 Å². The smallest absolute Gasteiger partial charge is 0.193 e. The largest absolute Gasteiger partial charge is 0.493 e. The van der Waals surface area contributed by atoms with Crippen molar-refractivity contribution in [3.8, 4) is 17.2 Å². The van der Waals surface area contributed by atoms with E-state index in [-0.39, 0.29) is 12.6 Å². The highest BCUT2D eigenvalue weighted by atomic mass is 16.7. The maximum Gasteiger partial charge on any atom is 0.193 e. The summed E-state index contributed by atoms with van der Waals surface area (Å²) in [6.07, 6.45) is 7.17. The number of hydrogen-bond donors (Lipinski definition) is 0. The van der Waals surface area contributed by atoms with Crippen molar-refractivity contribution in [2.24, 2.45) is 0 Å². The predicted octanol–water partition coefficient (Wildman–Crippen LogP) is 5.15. The van der Waals surface area contributed by atoms with Crippen LogP contribution in [-0.4, -0.2) is 31.9 Å². The van der Waals surface area contributed by atoms with Gasteiger partial charge in [-0.25, -0.2) is 0 Å². The normalized spacial score (nSPS) is 14.3. The summed E-state index contributed by atoms with van der Waals surface area (Å²) >= 11 is 0. The van der Waals surface area contributed by atoms with Crippen molar-refractivity contribution in [2.75, 3.05) is 20.5 Å². The molecule has 5 nitrogen and oxygen atoms in total. The summed E-state index contributed by atoms with van der Waals surface area (Å²) in [5.41, 5.74) is 1.46. The number of methoxy groups -OCH3 is 1. The molecule has 5 heteroatoms. The van der Waals surface area contributed by atoms with Gasteiger partial charge in [0.25, 0.3) is 0 Å². The maximum absolute atomic E-state index is 13.2. The van der Waals surface area contributed by atoms with Crippen molar-refractivity contribution < 1.29 is 23.7 Å². The van der Waals surface area contributed by atoms with Crippen LogP contribution in [0.3, 0.4) is 0 Å². The quantitative estimate of drug-likeness (QED) is 0.352. The van der Waals surface area contributed by atoms with Gasteiger partial charge in [-0.15, -0.1) is 0 Å². The topological polar surface area (TPSA) is 54.0 Å². The highest BCUT2D eigenvalue weighted by Crippen LogP contribution is 2.45. The van der Waals surface area contributed by atoms with Gasteiger partial charge in [0, 0.05) is 13.2 Å². The minimum atomic E-state index is -0.561. The second kappa shape index (κ2) is 8.97. The fourth-order valence-electron chi connectivity index (χ4n) is 3.04. The summed E-state index contributed by atoms with van der Waals surface area (Å²) in [4.78, 5) is 13.2. The van der Waals surface area contributed by atoms with Crippen LogP contribution >= 0.6 is 0 Å². The monoisotopic (exact) mass is 394 g/mol. The third-order valence-corrected chi connectivity index (χ3v) is 4.37. The number of ether oxygens (including phenoxy) is 4. The van der Waals surface area contributed by atoms with E-state index in [4.69, 9.17) is 18.9 Å². The average molecular weight is 394 g/mol. The molecule has 0 saturated heterocycles. The molecule has 0 N–H and O–H groups in total. The first-order valence-corrected chi connectivity index (χ1v) is 9.56. The summed E-state index contributed by atoms with van der Waals surface area (Å²) in [7, 11) is 1.55. The van der Waals surface area contributed by atoms with Gasteiger partial charge in [0.2, 0.25) is 0 Å². The van der Waals surface area contributed by atoms with Crippen LogP contribution in [0.1, 0.15) is 42.3 Å². The molecule has 0 spiro atoms. The van der Waals surface area contributed by atoms with Crippen LogP contribution in [0.15, 0.2) is 48.6 Å². The Labute approximate surface area is 171 Å². The molecule has 0 fully saturated rings. The molecule has 0 aliphatic carbocycles. The Kier molecular flexibility index (Phi) is 6.39. The van der Waals surface area contributed by atoms with E-state index in [2.05, 4.69) is 0 Å². The summed E-state index contributed by atoms with van der Waals surface area (Å²) < 4.78 is 22.7. The fraction of sp³-hybridized carbons (Fsp3) is 0.292. The fourth-order valence-corrected chi connectivity index (χ4v) is 3.04. The summed E-state index contributed by atoms with van der Waals surface area (Å²) in [5.74, 6) is 1.22. The van der Waals surface area contributed by atoms with Crippen molar-refractivity contribution >= 4 is 17.9 Å². The lowest BCUT2D eigenvalue weighted by Crippen LogP contribution is -2.29. The molecule has 0 atom stereocenters. The number of ketones is 1. The van der Waals surface area contributed by atoms with Crippen molar-refractivity contribution in [1.82, 2.24) is 0 Å². The Balaban J connectivity index is 2.10. The minimum absolute atomic E-state index is 0.0798. The lowest BCUT2D eigenvalue weighted by Gasteiger charge is -2.30. The van der Waals surface area contributed by atoms with Crippen LogP contribution in [0.5, 0.6) is 17.2 Å². The van der Waals surface area contributed by atoms with E-state index in [0.717, 1.165) is 5.56 Å². The summed E-state index contributed by atoms with van der Waals surface area (Å²) in [6, 6.07) is 11.4. The Bertz CT molecular complexity index is 926. The number of benzene rings is 2. The molecule has 1 aliphatic heterocycles. The van der Waals surface area contributed by atoms with Gasteiger partial charge in [-0.3, -0.25) is 4.79 Å². The Morgan fingerprint density at radius 3 is 2.59 bits per heavy atom. The van der Waals surface area contributed by atoms with Crippen LogP contribution in [0.4, 0.5) is 0 Å². The molecule has 0 aromatic heterocycles. The summed E-state index contributed by atoms with van der Waals surface area (Å²) in [6.45, 7) is 6.22. The number of allylic oxidation sites excluding steroid dienone is 1. The first-order valence-electron chi connectivity index (χ1n) is 9.56. The molecule has 0 unspecified atom stereocenters. The van der Waals surface area contributed by atoms with E-state index < -0.39 is 5.60 Å². The lowest BCUT2D eigenvalue weighted by atomic mass is 9.96. The second-order valence-electron chi connectivity index (χ2n) is 7.12. The Morgan fingerprint density at radius 2 is 1.90 bits per heavy atom. The second-order valence-corrected chi connectivity index (χ2v) is 7.12. The first-order chi connectivity index (χ1) is 13.9. The van der Waals surface area contributed by atoms with Gasteiger partial charge in [-0.05, 0) is 44.6 Å². The number of rotatable bonds is 8. The molecular formula is C24H26O5. The van der Waals surface area contributed by atoms with E-state index in [1.807, 2.05) is 63.3 Å². The maximum atomic E-state index is 13.2. The molecule has 0 amide bonds. The zero-order chi connectivity index (χ0) is 20.9. The van der Waals surface area contributed by atoms with E-state index in [1.54, 1.807) is 19.3 Å². The molecular weight excluding hydrogens is 368 g/mol. The van der Waals surface area contributed by atoms with Crippen molar-refractivity contribution in [3.63, 3.8) is 0 Å². The van der Waals surface area contributed by atoms with Gasteiger partial charge < -0.3 is 18.9 Å². The van der Waals surface area contributed by atoms with Gasteiger partial charge in [0.1, 0.15) is 28.4 Å². The van der Waals surface area contributed by atoms with Gasteiger partial charge in [-0.2, -0.15) is 0 Å². The van der Waals surface area contributed by atoms with Crippen LogP contribution in [0.25, 0.3) is 12.2 Å². The van der Waals surface area contributed by atoms with Crippen LogP contribution < -0.4 is 14.2 Å².